The summed E-state index contributed by atoms with van der Waals surface area (Å²) in [7, 11) is 0. The molecule has 0 unspecified atom stereocenters. The molecule has 0 heterocycles. The lowest BCUT2D eigenvalue weighted by atomic mass is 9.95. The average Bonchev–Trinajstić information content (AvgIpc) is 0.852. The molecule has 0 aromatic heterocycles. The van der Waals surface area contributed by atoms with Crippen LogP contribution in [0.1, 0.15) is 182 Å². The molecule has 14 atom stereocenters. The van der Waals surface area contributed by atoms with Crippen molar-refractivity contribution in [2.24, 2.45) is 74.7 Å². The summed E-state index contributed by atoms with van der Waals surface area (Å²) in [5.41, 5.74) is 43.2. The first-order valence-corrected chi connectivity index (χ1v) is 40.6. The van der Waals surface area contributed by atoms with E-state index in [0.29, 0.717) is 51.4 Å². The number of nitrogens with one attached hydrogen (secondary N) is 12. The Labute approximate surface area is 678 Å². The SMILES string of the molecule is CC[C@H](C)[C@H](NC(=O)[C@H](CCCCN)NC(=O)[C@H](CCCN=C(N)N)NC(=O)[C@@H](NC(=O)[C@H](CC(C)C)NC(=O)[C@H](CCCCN)NC(=O)[C@H](CC(C)C)NC(=O)[C@@H](NC(=O)[C@H](CCCCN)NC(=O)CNC(=O)[C@H](Cc1ccccc1)NC(=O)[C@@H](N)Cc1ccccc1)C(C)C)[C@@H](C)CC)C(=O)N[C@@H](Cc1ccccc1)C(N)=O. The number of guanidine groups is 1. The van der Waals surface area contributed by atoms with E-state index in [4.69, 9.17) is 40.1 Å². The molecular weight excluding hydrogens is 1470 g/mol. The molecule has 0 radical (unpaired) electrons. The minimum Gasteiger partial charge on any atom is -0.370 e. The highest BCUT2D eigenvalue weighted by molar-refractivity contribution is 6.00. The van der Waals surface area contributed by atoms with Crippen molar-refractivity contribution in [3.05, 3.63) is 108 Å². The predicted molar refractivity (Wildman–Crippen MR) is 443 cm³/mol. The van der Waals surface area contributed by atoms with E-state index < -0.39 is 174 Å². The Morgan fingerprint density at radius 2 is 0.670 bits per heavy atom. The zero-order valence-electron chi connectivity index (χ0n) is 69.0. The van der Waals surface area contributed by atoms with Gasteiger partial charge < -0.3 is 104 Å². The van der Waals surface area contributed by atoms with Crippen LogP contribution >= 0.6 is 0 Å². The van der Waals surface area contributed by atoms with Crippen LogP contribution in [0.15, 0.2) is 96.0 Å². The van der Waals surface area contributed by atoms with Gasteiger partial charge >= 0.3 is 0 Å². The Morgan fingerprint density at radius 3 is 1.06 bits per heavy atom. The molecule has 0 aliphatic carbocycles. The first kappa shape index (κ1) is 99.1. The highest BCUT2D eigenvalue weighted by Gasteiger charge is 2.39. The second kappa shape index (κ2) is 53.9. The highest BCUT2D eigenvalue weighted by Crippen LogP contribution is 2.18. The third kappa shape index (κ3) is 37.8. The number of benzene rings is 3. The molecule has 13 amide bonds. The van der Waals surface area contributed by atoms with Crippen LogP contribution in [-0.2, 0) is 81.6 Å². The number of rotatable bonds is 56. The fourth-order valence-corrected chi connectivity index (χ4v) is 12.7. The molecule has 33 nitrogen and oxygen atoms in total. The molecule has 3 rings (SSSR count). The van der Waals surface area contributed by atoms with Crippen molar-refractivity contribution in [1.29, 1.82) is 0 Å². The number of hydrogen-bond acceptors (Lipinski definition) is 18. The molecule has 640 valence electrons. The molecular formula is C82H134N20O13. The summed E-state index contributed by atoms with van der Waals surface area (Å²) in [6, 6.07) is 12.2. The normalized spacial score (nSPS) is 14.9. The number of unbranched alkanes of at least 4 members (excludes halogenated alkanes) is 3. The summed E-state index contributed by atoms with van der Waals surface area (Å²) in [5.74, 6) is -11.9. The summed E-state index contributed by atoms with van der Waals surface area (Å²) in [4.78, 5) is 189. The number of nitrogens with zero attached hydrogens (tertiary/aromatic N) is 1. The Hall–Kier alpha value is -10.1. The Kier molecular flexibility index (Phi) is 46.4. The molecule has 33 heteroatoms. The van der Waals surface area contributed by atoms with E-state index in [1.54, 1.807) is 95.3 Å². The van der Waals surface area contributed by atoms with Crippen molar-refractivity contribution >= 4 is 82.8 Å². The van der Waals surface area contributed by atoms with Gasteiger partial charge in [-0.25, -0.2) is 0 Å². The van der Waals surface area contributed by atoms with Crippen LogP contribution < -0.4 is 104 Å². The van der Waals surface area contributed by atoms with Gasteiger partial charge in [0.1, 0.15) is 66.5 Å². The number of carbonyl (C=O) groups excluding carboxylic acids is 13. The van der Waals surface area contributed by atoms with Crippen molar-refractivity contribution in [3.8, 4) is 0 Å². The van der Waals surface area contributed by atoms with Crippen molar-refractivity contribution in [3.63, 3.8) is 0 Å². The van der Waals surface area contributed by atoms with Gasteiger partial charge in [-0.2, -0.15) is 0 Å². The number of primary amides is 1. The minimum absolute atomic E-state index is 0.0356. The van der Waals surface area contributed by atoms with Gasteiger partial charge in [0, 0.05) is 19.4 Å². The fourth-order valence-electron chi connectivity index (χ4n) is 12.7. The van der Waals surface area contributed by atoms with Crippen molar-refractivity contribution < 1.29 is 62.3 Å². The van der Waals surface area contributed by atoms with Crippen molar-refractivity contribution in [2.75, 3.05) is 32.7 Å². The maximum Gasteiger partial charge on any atom is 0.243 e. The molecule has 0 aliphatic heterocycles. The predicted octanol–water partition coefficient (Wildman–Crippen LogP) is 0.257. The van der Waals surface area contributed by atoms with E-state index in [1.165, 1.54) is 0 Å². The van der Waals surface area contributed by atoms with Gasteiger partial charge in [-0.05, 0) is 156 Å². The largest absolute Gasteiger partial charge is 0.370 e. The zero-order chi connectivity index (χ0) is 85.7. The molecule has 0 saturated heterocycles. The quantitative estimate of drug-likeness (QED) is 0.0205. The lowest BCUT2D eigenvalue weighted by Gasteiger charge is -2.31. The second-order valence-electron chi connectivity index (χ2n) is 30.9. The Balaban J connectivity index is 1.90. The fraction of sp³-hybridized carbons (Fsp3) is 0.610. The summed E-state index contributed by atoms with van der Waals surface area (Å²) < 4.78 is 0. The average molecular weight is 1610 g/mol. The monoisotopic (exact) mass is 1610 g/mol. The molecule has 115 heavy (non-hydrogen) atoms. The topological polar surface area (TPSA) is 561 Å². The lowest BCUT2D eigenvalue weighted by Crippen LogP contribution is -2.62. The molecule has 0 fully saturated rings. The van der Waals surface area contributed by atoms with Gasteiger partial charge in [-0.15, -0.1) is 0 Å². The maximum atomic E-state index is 14.8. The number of amides is 13. The Bertz CT molecular complexity index is 3550. The van der Waals surface area contributed by atoms with Crippen LogP contribution in [0.2, 0.25) is 0 Å². The zero-order valence-corrected chi connectivity index (χ0v) is 69.0. The standard InChI is InChI=1S/C82H134N20O13/c1-11-52(9)68(80(114)95-61(38-28-42-90-82(88)89)73(107)93-60(37-24-27-41-85)76(110)101-69(53(10)12-2)81(115)96-62(70(87)104)46-55-31-18-14-19-32-55)102-78(112)64(44-50(5)6)98-74(108)59(36-23-26-40-84)94-77(111)63(43-49(3)4)99-79(113)67(51(7)8)100-75(109)58(35-22-25-39-83)92-66(103)48-91-72(106)65(47-56-33-20-15-21-34-56)97-71(105)57(86)45-54-29-16-13-17-30-54/h13-21,29-34,49-53,57-65,67-69H,11-12,22-28,35-48,83-86H2,1-10H3,(H2,87,104)(H,91,106)(H,92,103)(H,93,107)(H,94,111)(H,95,114)(H,96,115)(H,97,105)(H,98,108)(H,99,113)(H,100,109)(H,101,110)(H,102,112)(H4,88,89,90)/t52-,53-,57-,58-,59-,60-,61-,62-,63-,64-,65-,67-,68-,69-/m0/s1. The molecule has 0 aliphatic rings. The summed E-state index contributed by atoms with van der Waals surface area (Å²) in [6.45, 7) is 17.9. The molecule has 3 aromatic rings. The van der Waals surface area contributed by atoms with E-state index in [0.717, 1.165) is 16.7 Å². The molecule has 3 aromatic carbocycles. The number of aliphatic imine (C=N–C) groups is 1. The van der Waals surface area contributed by atoms with Crippen molar-refractivity contribution in [2.45, 2.75) is 257 Å². The van der Waals surface area contributed by atoms with E-state index in [2.05, 4.69) is 68.8 Å². The molecule has 0 saturated carbocycles. The van der Waals surface area contributed by atoms with Crippen LogP contribution in [-0.4, -0.2) is 188 Å². The van der Waals surface area contributed by atoms with E-state index in [-0.39, 0.29) is 108 Å². The Morgan fingerprint density at radius 1 is 0.348 bits per heavy atom. The third-order valence-electron chi connectivity index (χ3n) is 19.8. The van der Waals surface area contributed by atoms with Gasteiger partial charge in [0.2, 0.25) is 76.8 Å². The summed E-state index contributed by atoms with van der Waals surface area (Å²) >= 11 is 0. The van der Waals surface area contributed by atoms with Gasteiger partial charge in [-0.1, -0.05) is 173 Å². The summed E-state index contributed by atoms with van der Waals surface area (Å²) in [6.07, 6.45) is 3.93. The van der Waals surface area contributed by atoms with Crippen LogP contribution in [0.4, 0.5) is 0 Å². The van der Waals surface area contributed by atoms with Gasteiger partial charge in [0.25, 0.3) is 0 Å². The maximum absolute atomic E-state index is 14.8. The van der Waals surface area contributed by atoms with E-state index >= 15 is 0 Å². The first-order chi connectivity index (χ1) is 54.7. The van der Waals surface area contributed by atoms with Gasteiger partial charge in [0.05, 0.1) is 12.6 Å². The van der Waals surface area contributed by atoms with Crippen LogP contribution in [0.25, 0.3) is 0 Å². The first-order valence-electron chi connectivity index (χ1n) is 40.6. The lowest BCUT2D eigenvalue weighted by molar-refractivity contribution is -0.137. The summed E-state index contributed by atoms with van der Waals surface area (Å²) in [5, 5.41) is 33.1. The third-order valence-corrected chi connectivity index (χ3v) is 19.8. The number of nitrogens with two attached hydrogens (primary N) is 7. The van der Waals surface area contributed by atoms with E-state index in [1.807, 2.05) is 65.0 Å². The van der Waals surface area contributed by atoms with Crippen LogP contribution in [0, 0.1) is 29.6 Å². The van der Waals surface area contributed by atoms with Gasteiger partial charge in [0.15, 0.2) is 5.96 Å². The molecule has 0 bridgehead atoms. The molecule has 26 N–H and O–H groups in total. The number of hydrogen-bond donors (Lipinski definition) is 19. The smallest absolute Gasteiger partial charge is 0.243 e. The van der Waals surface area contributed by atoms with Gasteiger partial charge in [-0.3, -0.25) is 67.3 Å². The second-order valence-corrected chi connectivity index (χ2v) is 30.9. The van der Waals surface area contributed by atoms with Crippen molar-refractivity contribution in [1.82, 2.24) is 63.8 Å². The van der Waals surface area contributed by atoms with Crippen LogP contribution in [0.5, 0.6) is 0 Å². The minimum atomic E-state index is -1.37. The molecule has 0 spiro atoms. The number of carbonyl (C=O) groups is 13. The highest BCUT2D eigenvalue weighted by atomic mass is 16.2. The van der Waals surface area contributed by atoms with E-state index in [9.17, 15) is 62.3 Å². The van der Waals surface area contributed by atoms with Crippen LogP contribution in [0.3, 0.4) is 0 Å².